The first kappa shape index (κ1) is 14.1. The molecule has 2 N–H and O–H groups in total. The van der Waals surface area contributed by atoms with Crippen LogP contribution in [0.4, 0.5) is 0 Å². The first-order valence-corrected chi connectivity index (χ1v) is 7.02. The lowest BCUT2D eigenvalue weighted by Crippen LogP contribution is -2.24. The maximum absolute atomic E-state index is 11.9. The molecule has 0 aliphatic heterocycles. The number of nitrogens with zero attached hydrogens (tertiary/aromatic N) is 3. The van der Waals surface area contributed by atoms with E-state index in [1.807, 2.05) is 50.4 Å². The van der Waals surface area contributed by atoms with E-state index in [4.69, 9.17) is 0 Å². The summed E-state index contributed by atoms with van der Waals surface area (Å²) < 4.78 is 1.66. The zero-order chi connectivity index (χ0) is 15.5. The van der Waals surface area contributed by atoms with Gasteiger partial charge in [0, 0.05) is 28.4 Å². The number of hydrogen-bond acceptors (Lipinski definition) is 3. The number of carbonyl (C=O) groups is 1. The van der Waals surface area contributed by atoms with Crippen molar-refractivity contribution in [1.82, 2.24) is 20.2 Å². The van der Waals surface area contributed by atoms with Crippen LogP contribution in [0.5, 0.6) is 0 Å². The highest BCUT2D eigenvalue weighted by Gasteiger charge is 2.06. The second-order valence-corrected chi connectivity index (χ2v) is 5.17. The first-order valence-electron chi connectivity index (χ1n) is 7.02. The number of rotatable bonds is 4. The van der Waals surface area contributed by atoms with Gasteiger partial charge in [0.25, 0.3) is 5.91 Å². The highest BCUT2D eigenvalue weighted by atomic mass is 16.2. The van der Waals surface area contributed by atoms with Crippen LogP contribution >= 0.6 is 0 Å². The van der Waals surface area contributed by atoms with Gasteiger partial charge in [0.05, 0.1) is 11.9 Å². The molecular formula is C16H17N5O. The lowest BCUT2D eigenvalue weighted by atomic mass is 10.2. The van der Waals surface area contributed by atoms with Crippen LogP contribution in [0.1, 0.15) is 17.0 Å². The molecule has 0 saturated carbocycles. The molecule has 0 bridgehead atoms. The van der Waals surface area contributed by atoms with Crippen LogP contribution in [0.15, 0.2) is 41.6 Å². The molecule has 0 saturated heterocycles. The van der Waals surface area contributed by atoms with Gasteiger partial charge >= 0.3 is 0 Å². The molecule has 6 nitrogen and oxygen atoms in total. The molecule has 0 atom stereocenters. The summed E-state index contributed by atoms with van der Waals surface area (Å²) >= 11 is 0. The van der Waals surface area contributed by atoms with Crippen molar-refractivity contribution < 1.29 is 4.79 Å². The minimum atomic E-state index is -0.206. The summed E-state index contributed by atoms with van der Waals surface area (Å²) in [6, 6.07) is 9.87. The molecule has 3 aromatic rings. The largest absolute Gasteiger partial charge is 0.361 e. The Morgan fingerprint density at radius 2 is 2.23 bits per heavy atom. The molecule has 3 rings (SSSR count). The third kappa shape index (κ3) is 2.90. The molecule has 22 heavy (non-hydrogen) atoms. The lowest BCUT2D eigenvalue weighted by molar-refractivity contribution is -0.121. The summed E-state index contributed by atoms with van der Waals surface area (Å²) in [5.41, 5.74) is 6.35. The zero-order valence-electron chi connectivity index (χ0n) is 12.5. The van der Waals surface area contributed by atoms with Crippen LogP contribution in [0.2, 0.25) is 0 Å². The van der Waals surface area contributed by atoms with Crippen molar-refractivity contribution in [3.8, 4) is 0 Å². The quantitative estimate of drug-likeness (QED) is 0.571. The summed E-state index contributed by atoms with van der Waals surface area (Å²) in [6.45, 7) is 3.98. The van der Waals surface area contributed by atoms with E-state index in [0.29, 0.717) is 0 Å². The van der Waals surface area contributed by atoms with Crippen LogP contribution < -0.4 is 5.43 Å². The molecule has 112 valence electrons. The number of hydrogen-bond donors (Lipinski definition) is 2. The molecule has 0 spiro atoms. The van der Waals surface area contributed by atoms with Crippen LogP contribution in [0.3, 0.4) is 0 Å². The molecule has 2 heterocycles. The summed E-state index contributed by atoms with van der Waals surface area (Å²) in [6.07, 6.45) is 3.50. The Morgan fingerprint density at radius 1 is 1.41 bits per heavy atom. The summed E-state index contributed by atoms with van der Waals surface area (Å²) in [7, 11) is 0. The van der Waals surface area contributed by atoms with E-state index in [9.17, 15) is 4.79 Å². The van der Waals surface area contributed by atoms with Crippen LogP contribution in [-0.4, -0.2) is 26.9 Å². The van der Waals surface area contributed by atoms with Crippen molar-refractivity contribution in [3.05, 3.63) is 53.5 Å². The number of amides is 1. The van der Waals surface area contributed by atoms with Crippen LogP contribution in [0, 0.1) is 13.8 Å². The number of carbonyl (C=O) groups excluding carboxylic acids is 1. The molecular weight excluding hydrogens is 278 g/mol. The highest BCUT2D eigenvalue weighted by molar-refractivity contribution is 5.99. The number of nitrogens with one attached hydrogen (secondary N) is 2. The fourth-order valence-electron chi connectivity index (χ4n) is 2.38. The second kappa shape index (κ2) is 5.85. The third-order valence-corrected chi connectivity index (χ3v) is 3.41. The Labute approximate surface area is 127 Å². The molecule has 0 unspecified atom stereocenters. The summed E-state index contributed by atoms with van der Waals surface area (Å²) in [5.74, 6) is -0.206. The fourth-order valence-corrected chi connectivity index (χ4v) is 2.38. The van der Waals surface area contributed by atoms with Gasteiger partial charge < -0.3 is 4.98 Å². The second-order valence-electron chi connectivity index (χ2n) is 5.17. The van der Waals surface area contributed by atoms with Crippen molar-refractivity contribution in [1.29, 1.82) is 0 Å². The van der Waals surface area contributed by atoms with E-state index in [-0.39, 0.29) is 12.5 Å². The smallest absolute Gasteiger partial charge is 0.261 e. The van der Waals surface area contributed by atoms with E-state index >= 15 is 0 Å². The van der Waals surface area contributed by atoms with Gasteiger partial charge in [0.15, 0.2) is 0 Å². The van der Waals surface area contributed by atoms with E-state index in [1.54, 1.807) is 10.9 Å². The monoisotopic (exact) mass is 295 g/mol. The number of H-pyrrole nitrogens is 1. The van der Waals surface area contributed by atoms with Crippen molar-refractivity contribution in [2.75, 3.05) is 0 Å². The Bertz CT molecular complexity index is 843. The molecule has 0 fully saturated rings. The SMILES string of the molecule is Cc1cc(C)n(CC(=O)N/N=C\c2c[nH]c3ccccc23)n1. The lowest BCUT2D eigenvalue weighted by Gasteiger charge is -2.02. The van der Waals surface area contributed by atoms with Crippen LogP contribution in [0.25, 0.3) is 10.9 Å². The van der Waals surface area contributed by atoms with E-state index in [0.717, 1.165) is 27.9 Å². The zero-order valence-corrected chi connectivity index (χ0v) is 12.5. The minimum Gasteiger partial charge on any atom is -0.361 e. The maximum atomic E-state index is 11.9. The van der Waals surface area contributed by atoms with Gasteiger partial charge in [0.1, 0.15) is 6.54 Å². The predicted molar refractivity (Wildman–Crippen MR) is 85.7 cm³/mol. The average molecular weight is 295 g/mol. The number of hydrazone groups is 1. The number of benzene rings is 1. The number of aryl methyl sites for hydroxylation is 2. The van der Waals surface area contributed by atoms with Gasteiger partial charge in [-0.15, -0.1) is 0 Å². The number of fused-ring (bicyclic) bond motifs is 1. The van der Waals surface area contributed by atoms with Gasteiger partial charge in [0.2, 0.25) is 0 Å². The molecule has 2 aromatic heterocycles. The topological polar surface area (TPSA) is 75.1 Å². The molecule has 1 aromatic carbocycles. The van der Waals surface area contributed by atoms with Crippen molar-refractivity contribution >= 4 is 23.0 Å². The number of aromatic amines is 1. The Balaban J connectivity index is 1.64. The molecule has 0 aliphatic rings. The average Bonchev–Trinajstić information content (AvgIpc) is 3.03. The van der Waals surface area contributed by atoms with Crippen molar-refractivity contribution in [3.63, 3.8) is 0 Å². The fraction of sp³-hybridized carbons (Fsp3) is 0.188. The first-order chi connectivity index (χ1) is 10.6. The molecule has 6 heteroatoms. The highest BCUT2D eigenvalue weighted by Crippen LogP contribution is 2.15. The Hall–Kier alpha value is -2.89. The third-order valence-electron chi connectivity index (χ3n) is 3.41. The van der Waals surface area contributed by atoms with E-state index < -0.39 is 0 Å². The molecule has 1 amide bonds. The van der Waals surface area contributed by atoms with Gasteiger partial charge in [-0.1, -0.05) is 18.2 Å². The van der Waals surface area contributed by atoms with E-state index in [1.165, 1.54) is 0 Å². The number of para-hydroxylation sites is 1. The van der Waals surface area contributed by atoms with Crippen LogP contribution in [-0.2, 0) is 11.3 Å². The Kier molecular flexibility index (Phi) is 3.74. The van der Waals surface area contributed by atoms with Gasteiger partial charge in [-0.2, -0.15) is 10.2 Å². The normalized spacial score (nSPS) is 11.4. The van der Waals surface area contributed by atoms with E-state index in [2.05, 4.69) is 20.6 Å². The van der Waals surface area contributed by atoms with Crippen molar-refractivity contribution in [2.24, 2.45) is 5.10 Å². The predicted octanol–water partition coefficient (Wildman–Crippen LogP) is 2.13. The number of aromatic nitrogens is 3. The Morgan fingerprint density at radius 3 is 3.00 bits per heavy atom. The maximum Gasteiger partial charge on any atom is 0.261 e. The molecule has 0 aliphatic carbocycles. The standard InChI is InChI=1S/C16H17N5O/c1-11-7-12(2)21(20-11)10-16(22)19-18-9-13-8-17-15-6-4-3-5-14(13)15/h3-9,17H,10H2,1-2H3,(H,19,22)/b18-9-. The van der Waals surface area contributed by atoms with Crippen molar-refractivity contribution in [2.45, 2.75) is 20.4 Å². The summed E-state index contributed by atoms with van der Waals surface area (Å²) in [5, 5.41) is 9.33. The van der Waals surface area contributed by atoms with Gasteiger partial charge in [-0.3, -0.25) is 9.48 Å². The summed E-state index contributed by atoms with van der Waals surface area (Å²) in [4.78, 5) is 15.0. The van der Waals surface area contributed by atoms with Gasteiger partial charge in [-0.25, -0.2) is 5.43 Å². The molecule has 0 radical (unpaired) electrons. The minimum absolute atomic E-state index is 0.158. The van der Waals surface area contributed by atoms with Gasteiger partial charge in [-0.05, 0) is 26.0 Å².